The van der Waals surface area contributed by atoms with Gasteiger partial charge < -0.3 is 10.6 Å². The molecule has 0 bridgehead atoms. The zero-order chi connectivity index (χ0) is 15.7. The van der Waals surface area contributed by atoms with Gasteiger partial charge in [0, 0.05) is 25.6 Å². The molecule has 4 heteroatoms. The number of carbonyl (C=O) groups is 1. The molecule has 1 unspecified atom stereocenters. The van der Waals surface area contributed by atoms with Crippen LogP contribution in [-0.4, -0.2) is 29.9 Å². The molecule has 1 saturated heterocycles. The minimum Gasteiger partial charge on any atom is -0.342 e. The van der Waals surface area contributed by atoms with E-state index in [9.17, 15) is 4.79 Å². The van der Waals surface area contributed by atoms with Crippen molar-refractivity contribution in [2.24, 2.45) is 11.1 Å². The van der Waals surface area contributed by atoms with Crippen molar-refractivity contribution in [3.8, 4) is 0 Å². The van der Waals surface area contributed by atoms with Crippen LogP contribution in [0.1, 0.15) is 46.1 Å². The second kappa shape index (κ2) is 7.01. The first-order valence-electron chi connectivity index (χ1n) is 7.81. The third-order valence-corrected chi connectivity index (χ3v) is 4.81. The van der Waals surface area contributed by atoms with Crippen molar-refractivity contribution in [2.75, 3.05) is 13.1 Å². The Balaban J connectivity index is 0.00000242. The van der Waals surface area contributed by atoms with Crippen LogP contribution in [0.25, 0.3) is 0 Å². The zero-order valence-corrected chi connectivity index (χ0v) is 15.0. The number of benzene rings is 1. The van der Waals surface area contributed by atoms with Crippen LogP contribution in [0.2, 0.25) is 0 Å². The van der Waals surface area contributed by atoms with E-state index in [1.807, 2.05) is 23.1 Å². The Morgan fingerprint density at radius 1 is 1.32 bits per heavy atom. The zero-order valence-electron chi connectivity index (χ0n) is 14.1. The number of halogens is 1. The van der Waals surface area contributed by atoms with Gasteiger partial charge in [-0.05, 0) is 22.8 Å². The third-order valence-electron chi connectivity index (χ3n) is 4.81. The van der Waals surface area contributed by atoms with Crippen LogP contribution >= 0.6 is 12.4 Å². The Morgan fingerprint density at radius 3 is 2.45 bits per heavy atom. The molecule has 0 saturated carbocycles. The summed E-state index contributed by atoms with van der Waals surface area (Å²) in [5, 5.41) is 0. The Hall–Kier alpha value is -1.06. The summed E-state index contributed by atoms with van der Waals surface area (Å²) in [4.78, 5) is 14.7. The highest BCUT2D eigenvalue weighted by Crippen LogP contribution is 2.31. The Kier molecular flexibility index (Phi) is 6.05. The highest BCUT2D eigenvalue weighted by Gasteiger charge is 2.36. The highest BCUT2D eigenvalue weighted by molar-refractivity contribution is 5.85. The molecule has 0 spiro atoms. The van der Waals surface area contributed by atoms with E-state index < -0.39 is 0 Å². The molecular formula is C18H29ClN2O. The largest absolute Gasteiger partial charge is 0.342 e. The van der Waals surface area contributed by atoms with E-state index in [2.05, 4.69) is 39.8 Å². The van der Waals surface area contributed by atoms with Crippen LogP contribution < -0.4 is 5.73 Å². The minimum atomic E-state index is -0.137. The van der Waals surface area contributed by atoms with Crippen LogP contribution in [0.3, 0.4) is 0 Å². The molecule has 3 nitrogen and oxygen atoms in total. The summed E-state index contributed by atoms with van der Waals surface area (Å²) in [5.41, 5.74) is 7.24. The van der Waals surface area contributed by atoms with E-state index in [4.69, 9.17) is 5.73 Å². The van der Waals surface area contributed by atoms with Gasteiger partial charge in [0.15, 0.2) is 0 Å². The van der Waals surface area contributed by atoms with E-state index in [1.54, 1.807) is 0 Å². The van der Waals surface area contributed by atoms with E-state index in [0.29, 0.717) is 6.42 Å². The molecule has 1 heterocycles. The summed E-state index contributed by atoms with van der Waals surface area (Å²) in [7, 11) is 0. The second-order valence-corrected chi connectivity index (χ2v) is 7.63. The van der Waals surface area contributed by atoms with Gasteiger partial charge in [0.2, 0.25) is 5.91 Å². The molecule has 1 fully saturated rings. The molecule has 1 aromatic rings. The van der Waals surface area contributed by atoms with Gasteiger partial charge in [-0.15, -0.1) is 12.4 Å². The lowest BCUT2D eigenvalue weighted by Crippen LogP contribution is -2.54. The molecule has 22 heavy (non-hydrogen) atoms. The summed E-state index contributed by atoms with van der Waals surface area (Å²) in [6.07, 6.45) is 1.44. The molecule has 0 aliphatic carbocycles. The van der Waals surface area contributed by atoms with Crippen LogP contribution in [0, 0.1) is 5.41 Å². The Morgan fingerprint density at radius 2 is 1.91 bits per heavy atom. The molecule has 1 amide bonds. The average Bonchev–Trinajstić information content (AvgIpc) is 2.42. The maximum atomic E-state index is 12.7. The van der Waals surface area contributed by atoms with Crippen LogP contribution in [0.15, 0.2) is 30.3 Å². The summed E-state index contributed by atoms with van der Waals surface area (Å²) in [6.45, 7) is 10.1. The maximum Gasteiger partial charge on any atom is 0.223 e. The molecular weight excluding hydrogens is 296 g/mol. The number of hydrogen-bond acceptors (Lipinski definition) is 2. The van der Waals surface area contributed by atoms with Crippen LogP contribution in [0.4, 0.5) is 0 Å². The predicted molar refractivity (Wildman–Crippen MR) is 94.3 cm³/mol. The van der Waals surface area contributed by atoms with Gasteiger partial charge in [-0.3, -0.25) is 4.79 Å². The van der Waals surface area contributed by atoms with Crippen LogP contribution in [-0.2, 0) is 10.2 Å². The standard InChI is InChI=1S/C18H28N2O.ClH/c1-17(2,14-8-6-5-7-9-14)12-16(21)20-11-10-15(19)18(3,4)13-20;/h5-9,15H,10-13,19H2,1-4H3;1H. The number of nitrogens with two attached hydrogens (primary N) is 1. The SMILES string of the molecule is CC(C)(CC(=O)N1CCC(N)C(C)(C)C1)c1ccccc1.Cl. The fraction of sp³-hybridized carbons (Fsp3) is 0.611. The normalized spacial score (nSPS) is 21.1. The van der Waals surface area contributed by atoms with E-state index in [1.165, 1.54) is 5.56 Å². The lowest BCUT2D eigenvalue weighted by Gasteiger charge is -2.43. The predicted octanol–water partition coefficient (Wildman–Crippen LogP) is 3.36. The van der Waals surface area contributed by atoms with Crippen molar-refractivity contribution in [3.05, 3.63) is 35.9 Å². The number of carbonyl (C=O) groups excluding carboxylic acids is 1. The summed E-state index contributed by atoms with van der Waals surface area (Å²) in [6, 6.07) is 10.5. The first kappa shape index (κ1) is 19.0. The van der Waals surface area contributed by atoms with Gasteiger partial charge in [0.1, 0.15) is 0 Å². The fourth-order valence-corrected chi connectivity index (χ4v) is 3.07. The molecule has 2 N–H and O–H groups in total. The quantitative estimate of drug-likeness (QED) is 0.926. The molecule has 2 rings (SSSR count). The number of likely N-dealkylation sites (tertiary alicyclic amines) is 1. The van der Waals surface area contributed by atoms with Gasteiger partial charge in [-0.2, -0.15) is 0 Å². The van der Waals surface area contributed by atoms with Crippen molar-refractivity contribution in [1.82, 2.24) is 4.90 Å². The number of nitrogens with zero attached hydrogens (tertiary/aromatic N) is 1. The third kappa shape index (κ3) is 4.23. The van der Waals surface area contributed by atoms with Crippen molar-refractivity contribution >= 4 is 18.3 Å². The summed E-state index contributed by atoms with van der Waals surface area (Å²) >= 11 is 0. The summed E-state index contributed by atoms with van der Waals surface area (Å²) < 4.78 is 0. The first-order chi connectivity index (χ1) is 9.72. The fourth-order valence-electron chi connectivity index (χ4n) is 3.07. The molecule has 1 aliphatic heterocycles. The molecule has 124 valence electrons. The van der Waals surface area contributed by atoms with Crippen molar-refractivity contribution in [3.63, 3.8) is 0 Å². The van der Waals surface area contributed by atoms with E-state index in [0.717, 1.165) is 19.5 Å². The van der Waals surface area contributed by atoms with E-state index >= 15 is 0 Å². The van der Waals surface area contributed by atoms with Gasteiger partial charge in [0.25, 0.3) is 0 Å². The molecule has 1 aliphatic rings. The molecule has 1 aromatic carbocycles. The highest BCUT2D eigenvalue weighted by atomic mass is 35.5. The van der Waals surface area contributed by atoms with Crippen molar-refractivity contribution < 1.29 is 4.79 Å². The van der Waals surface area contributed by atoms with E-state index in [-0.39, 0.29) is 35.2 Å². The smallest absolute Gasteiger partial charge is 0.223 e. The first-order valence-corrected chi connectivity index (χ1v) is 7.81. The number of rotatable bonds is 3. The van der Waals surface area contributed by atoms with Crippen LogP contribution in [0.5, 0.6) is 0 Å². The molecule has 0 aromatic heterocycles. The minimum absolute atomic E-state index is 0. The monoisotopic (exact) mass is 324 g/mol. The van der Waals surface area contributed by atoms with Crippen molar-refractivity contribution in [1.29, 1.82) is 0 Å². The lowest BCUT2D eigenvalue weighted by atomic mass is 9.78. The van der Waals surface area contributed by atoms with Gasteiger partial charge in [-0.25, -0.2) is 0 Å². The number of hydrogen-bond donors (Lipinski definition) is 1. The topological polar surface area (TPSA) is 46.3 Å². The molecule has 0 radical (unpaired) electrons. The average molecular weight is 325 g/mol. The number of amides is 1. The van der Waals surface area contributed by atoms with Gasteiger partial charge in [0.05, 0.1) is 0 Å². The maximum absolute atomic E-state index is 12.7. The summed E-state index contributed by atoms with van der Waals surface area (Å²) in [5.74, 6) is 0.240. The number of piperidine rings is 1. The second-order valence-electron chi connectivity index (χ2n) is 7.63. The van der Waals surface area contributed by atoms with Gasteiger partial charge in [-0.1, -0.05) is 58.0 Å². The lowest BCUT2D eigenvalue weighted by molar-refractivity contribution is -0.135. The molecule has 1 atom stereocenters. The van der Waals surface area contributed by atoms with Crippen molar-refractivity contribution in [2.45, 2.75) is 52.0 Å². The van der Waals surface area contributed by atoms with Gasteiger partial charge >= 0.3 is 0 Å². The Labute approximate surface area is 140 Å². The Bertz CT molecular complexity index is 499.